The third-order valence-corrected chi connectivity index (χ3v) is 6.57. The largest absolute Gasteiger partial charge is 0.501 e. The second-order valence-electron chi connectivity index (χ2n) is 3.81. The van der Waals surface area contributed by atoms with Crippen molar-refractivity contribution >= 4 is 20.6 Å². The molecule has 0 aliphatic carbocycles. The molecule has 0 aromatic rings. The van der Waals surface area contributed by atoms with Gasteiger partial charge in [-0.1, -0.05) is 0 Å². The zero-order chi connectivity index (χ0) is 10.6. The lowest BCUT2D eigenvalue weighted by atomic mass is 10.4. The van der Waals surface area contributed by atoms with Crippen LogP contribution in [0, 0.1) is 0 Å². The van der Waals surface area contributed by atoms with E-state index in [1.807, 2.05) is 11.8 Å². The van der Waals surface area contributed by atoms with Crippen LogP contribution >= 0.6 is 11.8 Å². The van der Waals surface area contributed by atoms with Crippen molar-refractivity contribution in [2.24, 2.45) is 0 Å². The Kier molecular flexibility index (Phi) is 4.48. The molecule has 88 valence electrons. The Bertz CT molecular complexity index is 175. The van der Waals surface area contributed by atoms with Gasteiger partial charge < -0.3 is 13.3 Å². The number of hydrogen-bond acceptors (Lipinski definition) is 5. The Balaban J connectivity index is 1.98. The molecule has 3 saturated heterocycles. The normalized spacial score (nSPS) is 37.0. The molecule has 0 unspecified atom stereocenters. The van der Waals surface area contributed by atoms with E-state index in [9.17, 15) is 0 Å². The zero-order valence-electron chi connectivity index (χ0n) is 9.24. The maximum Gasteiger partial charge on any atom is 0.501 e. The second-order valence-corrected chi connectivity index (χ2v) is 7.53. The van der Waals surface area contributed by atoms with E-state index in [4.69, 9.17) is 13.3 Å². The van der Waals surface area contributed by atoms with Gasteiger partial charge in [0.15, 0.2) is 0 Å². The van der Waals surface area contributed by atoms with Crippen molar-refractivity contribution in [2.45, 2.75) is 6.04 Å². The summed E-state index contributed by atoms with van der Waals surface area (Å²) in [6.45, 7) is 5.38. The summed E-state index contributed by atoms with van der Waals surface area (Å²) in [7, 11) is -2.30. The van der Waals surface area contributed by atoms with E-state index in [0.29, 0.717) is 0 Å². The Morgan fingerprint density at radius 1 is 1.07 bits per heavy atom. The first-order chi connectivity index (χ1) is 7.35. The maximum absolute atomic E-state index is 5.88. The highest BCUT2D eigenvalue weighted by Gasteiger charge is 2.43. The average molecular weight is 249 g/mol. The molecule has 6 heteroatoms. The van der Waals surface area contributed by atoms with E-state index in [1.165, 1.54) is 0 Å². The molecule has 4 nitrogen and oxygen atoms in total. The number of rotatable bonds is 3. The summed E-state index contributed by atoms with van der Waals surface area (Å²) in [6.07, 6.45) is 2.11. The predicted octanol–water partition coefficient (Wildman–Crippen LogP) is 0.667. The van der Waals surface area contributed by atoms with Gasteiger partial charge in [0.25, 0.3) is 0 Å². The van der Waals surface area contributed by atoms with Crippen LogP contribution < -0.4 is 0 Å². The summed E-state index contributed by atoms with van der Waals surface area (Å²) < 4.78 is 17.6. The fourth-order valence-corrected chi connectivity index (χ4v) is 5.60. The lowest BCUT2D eigenvalue weighted by molar-refractivity contribution is -0.00730. The molecule has 0 saturated carbocycles. The molecule has 15 heavy (non-hydrogen) atoms. The van der Waals surface area contributed by atoms with Gasteiger partial charge in [-0.3, -0.25) is 4.90 Å². The first kappa shape index (κ1) is 11.9. The van der Waals surface area contributed by atoms with Gasteiger partial charge in [0.05, 0.1) is 19.8 Å². The SMILES string of the molecule is CSCC[Si]12OCCN(CCO1)CCO2. The third-order valence-electron chi connectivity index (χ3n) is 2.80. The van der Waals surface area contributed by atoms with Gasteiger partial charge in [0, 0.05) is 25.7 Å². The van der Waals surface area contributed by atoms with Gasteiger partial charge in [-0.15, -0.1) is 0 Å². The highest BCUT2D eigenvalue weighted by atomic mass is 32.2. The van der Waals surface area contributed by atoms with Crippen LogP contribution in [-0.4, -0.2) is 65.2 Å². The molecule has 3 aliphatic heterocycles. The van der Waals surface area contributed by atoms with Gasteiger partial charge in [-0.25, -0.2) is 0 Å². The molecule has 0 aromatic carbocycles. The van der Waals surface area contributed by atoms with Crippen LogP contribution in [0.25, 0.3) is 0 Å². The van der Waals surface area contributed by atoms with E-state index in [1.54, 1.807) is 0 Å². The Hall–Kier alpha value is 0.407. The van der Waals surface area contributed by atoms with Crippen molar-refractivity contribution in [2.75, 3.05) is 51.5 Å². The topological polar surface area (TPSA) is 30.9 Å². The van der Waals surface area contributed by atoms with E-state index in [0.717, 1.165) is 51.3 Å². The molecule has 0 atom stereocenters. The van der Waals surface area contributed by atoms with Crippen molar-refractivity contribution in [1.82, 2.24) is 4.90 Å². The smallest absolute Gasteiger partial charge is 0.372 e. The van der Waals surface area contributed by atoms with Gasteiger partial charge >= 0.3 is 8.80 Å². The Labute approximate surface area is 96.6 Å². The van der Waals surface area contributed by atoms with E-state index >= 15 is 0 Å². The first-order valence-corrected chi connectivity index (χ1v) is 8.80. The van der Waals surface area contributed by atoms with E-state index in [-0.39, 0.29) is 0 Å². The van der Waals surface area contributed by atoms with E-state index < -0.39 is 8.80 Å². The van der Waals surface area contributed by atoms with Crippen molar-refractivity contribution in [1.29, 1.82) is 0 Å². The lowest BCUT2D eigenvalue weighted by Gasteiger charge is -2.38. The molecule has 0 radical (unpaired) electrons. The first-order valence-electron chi connectivity index (χ1n) is 5.48. The summed E-state index contributed by atoms with van der Waals surface area (Å²) in [5.74, 6) is 1.07. The molecule has 3 fully saturated rings. The molecule has 0 amide bonds. The number of thioether (sulfide) groups is 1. The summed E-state index contributed by atoms with van der Waals surface area (Å²) in [5.41, 5.74) is 0. The van der Waals surface area contributed by atoms with Crippen molar-refractivity contribution in [3.05, 3.63) is 0 Å². The molecule has 2 bridgehead atoms. The van der Waals surface area contributed by atoms with Gasteiger partial charge in [-0.05, 0) is 12.0 Å². The predicted molar refractivity (Wildman–Crippen MR) is 63.2 cm³/mol. The maximum atomic E-state index is 5.88. The Morgan fingerprint density at radius 2 is 1.60 bits per heavy atom. The van der Waals surface area contributed by atoms with Gasteiger partial charge in [0.2, 0.25) is 0 Å². The summed E-state index contributed by atoms with van der Waals surface area (Å²) in [6, 6.07) is 0.953. The van der Waals surface area contributed by atoms with E-state index in [2.05, 4.69) is 11.2 Å². The van der Waals surface area contributed by atoms with Crippen molar-refractivity contribution in [3.8, 4) is 0 Å². The van der Waals surface area contributed by atoms with Crippen LogP contribution in [0.2, 0.25) is 6.04 Å². The van der Waals surface area contributed by atoms with Crippen LogP contribution in [0.15, 0.2) is 0 Å². The Morgan fingerprint density at radius 3 is 2.07 bits per heavy atom. The van der Waals surface area contributed by atoms with Crippen LogP contribution in [0.3, 0.4) is 0 Å². The number of fused-ring (bicyclic) bond motifs is 6. The summed E-state index contributed by atoms with van der Waals surface area (Å²) in [5, 5.41) is 0. The lowest BCUT2D eigenvalue weighted by Crippen LogP contribution is -2.55. The van der Waals surface area contributed by atoms with Crippen LogP contribution in [0.4, 0.5) is 0 Å². The minimum Gasteiger partial charge on any atom is -0.372 e. The molecular formula is C9H19NO3SSi. The zero-order valence-corrected chi connectivity index (χ0v) is 11.1. The quantitative estimate of drug-likeness (QED) is 0.686. The molecule has 3 aliphatic rings. The second kappa shape index (κ2) is 5.65. The standard InChI is InChI=1S/C9H19NO3SSi/c1-14-8-9-15-11-5-2-10(3-6-12-15)4-7-13-15/h2-9H2,1H3. The van der Waals surface area contributed by atoms with Crippen LogP contribution in [-0.2, 0) is 13.3 Å². The number of hydrogen-bond donors (Lipinski definition) is 0. The molecule has 3 rings (SSSR count). The monoisotopic (exact) mass is 249 g/mol. The highest BCUT2D eigenvalue weighted by molar-refractivity contribution is 7.98. The summed E-state index contributed by atoms with van der Waals surface area (Å²) in [4.78, 5) is 2.34. The van der Waals surface area contributed by atoms with Gasteiger partial charge in [0.1, 0.15) is 0 Å². The minimum atomic E-state index is -2.30. The average Bonchev–Trinajstić information content (AvgIpc) is 2.14. The molecule has 0 aromatic heterocycles. The highest BCUT2D eigenvalue weighted by Crippen LogP contribution is 2.21. The molecule has 0 spiro atoms. The van der Waals surface area contributed by atoms with Gasteiger partial charge in [-0.2, -0.15) is 11.8 Å². The summed E-state index contributed by atoms with van der Waals surface area (Å²) >= 11 is 1.83. The van der Waals surface area contributed by atoms with Crippen LogP contribution in [0.1, 0.15) is 0 Å². The van der Waals surface area contributed by atoms with Crippen LogP contribution in [0.5, 0.6) is 0 Å². The minimum absolute atomic E-state index is 0.764. The fraction of sp³-hybridized carbons (Fsp3) is 1.00. The van der Waals surface area contributed by atoms with Crippen molar-refractivity contribution < 1.29 is 13.3 Å². The number of nitrogens with zero attached hydrogens (tertiary/aromatic N) is 1. The molecule has 0 N–H and O–H groups in total. The fourth-order valence-electron chi connectivity index (χ4n) is 1.89. The third kappa shape index (κ3) is 3.18. The molecule has 3 heterocycles. The van der Waals surface area contributed by atoms with Crippen molar-refractivity contribution in [3.63, 3.8) is 0 Å². The molecular weight excluding hydrogens is 230 g/mol.